The Morgan fingerprint density at radius 1 is 1.25 bits per heavy atom. The Morgan fingerprint density at radius 2 is 1.92 bits per heavy atom. The average molecular weight is 166 g/mol. The molecule has 1 heterocycles. The highest BCUT2D eigenvalue weighted by molar-refractivity contribution is 5.93. The minimum atomic E-state index is -0.793. The van der Waals surface area contributed by atoms with Crippen LogP contribution in [0.2, 0.25) is 0 Å². The van der Waals surface area contributed by atoms with Gasteiger partial charge in [-0.15, -0.1) is 0 Å². The van der Waals surface area contributed by atoms with Crippen molar-refractivity contribution in [1.29, 1.82) is 0 Å². The van der Waals surface area contributed by atoms with Crippen molar-refractivity contribution in [2.24, 2.45) is 11.5 Å². The number of hydrogen-bond donors (Lipinski definition) is 2. The molecule has 1 rings (SSSR count). The summed E-state index contributed by atoms with van der Waals surface area (Å²) in [5.74, 6) is -1.73. The second-order valence-electron chi connectivity index (χ2n) is 1.99. The van der Waals surface area contributed by atoms with E-state index in [4.69, 9.17) is 11.5 Å². The molecule has 12 heavy (non-hydrogen) atoms. The van der Waals surface area contributed by atoms with Crippen LogP contribution in [0, 0.1) is 0 Å². The highest BCUT2D eigenvalue weighted by atomic mass is 16.2. The van der Waals surface area contributed by atoms with Crippen molar-refractivity contribution in [2.75, 3.05) is 0 Å². The molecule has 0 saturated heterocycles. The highest BCUT2D eigenvalue weighted by Gasteiger charge is 2.07. The van der Waals surface area contributed by atoms with E-state index in [2.05, 4.69) is 9.97 Å². The van der Waals surface area contributed by atoms with Crippen molar-refractivity contribution < 1.29 is 9.59 Å². The number of aromatic nitrogens is 2. The summed E-state index contributed by atoms with van der Waals surface area (Å²) < 4.78 is 0. The first-order chi connectivity index (χ1) is 5.61. The average Bonchev–Trinajstić information content (AvgIpc) is 2.04. The molecular formula is C6H6N4O2. The molecule has 0 spiro atoms. The van der Waals surface area contributed by atoms with Gasteiger partial charge in [-0.1, -0.05) is 0 Å². The van der Waals surface area contributed by atoms with Crippen LogP contribution in [0.25, 0.3) is 0 Å². The summed E-state index contributed by atoms with van der Waals surface area (Å²) in [6, 6.07) is 1.30. The maximum absolute atomic E-state index is 10.6. The summed E-state index contributed by atoms with van der Waals surface area (Å²) in [6.45, 7) is 0. The molecule has 0 atom stereocenters. The molecule has 1 aromatic rings. The van der Waals surface area contributed by atoms with Gasteiger partial charge in [0, 0.05) is 6.20 Å². The van der Waals surface area contributed by atoms with Gasteiger partial charge in [0.25, 0.3) is 11.8 Å². The fourth-order valence-corrected chi connectivity index (χ4v) is 0.615. The molecule has 0 fully saturated rings. The number of carbonyl (C=O) groups excluding carboxylic acids is 2. The quantitative estimate of drug-likeness (QED) is 0.567. The lowest BCUT2D eigenvalue weighted by molar-refractivity contribution is 0.0988. The Morgan fingerprint density at radius 3 is 2.42 bits per heavy atom. The van der Waals surface area contributed by atoms with Crippen LogP contribution in [-0.2, 0) is 0 Å². The van der Waals surface area contributed by atoms with Crippen LogP contribution in [0.15, 0.2) is 12.3 Å². The number of rotatable bonds is 2. The highest BCUT2D eigenvalue weighted by Crippen LogP contribution is 1.92. The third kappa shape index (κ3) is 1.54. The number of primary amides is 2. The molecule has 6 nitrogen and oxygen atoms in total. The summed E-state index contributed by atoms with van der Waals surface area (Å²) in [4.78, 5) is 28.1. The molecule has 4 N–H and O–H groups in total. The number of carbonyl (C=O) groups is 2. The van der Waals surface area contributed by atoms with Crippen LogP contribution in [0.3, 0.4) is 0 Å². The van der Waals surface area contributed by atoms with Crippen LogP contribution in [0.4, 0.5) is 0 Å². The Kier molecular flexibility index (Phi) is 2.00. The molecular weight excluding hydrogens is 160 g/mol. The topological polar surface area (TPSA) is 112 Å². The smallest absolute Gasteiger partial charge is 0.286 e. The second kappa shape index (κ2) is 2.95. The summed E-state index contributed by atoms with van der Waals surface area (Å²) in [5, 5.41) is 0. The van der Waals surface area contributed by atoms with Gasteiger partial charge in [-0.2, -0.15) is 0 Å². The number of amides is 2. The number of nitrogens with zero attached hydrogens (tertiary/aromatic N) is 2. The predicted molar refractivity (Wildman–Crippen MR) is 39.1 cm³/mol. The molecule has 0 aliphatic carbocycles. The first kappa shape index (κ1) is 8.12. The van der Waals surface area contributed by atoms with Gasteiger partial charge in [0.05, 0.1) is 0 Å². The summed E-state index contributed by atoms with van der Waals surface area (Å²) in [7, 11) is 0. The van der Waals surface area contributed by atoms with Crippen molar-refractivity contribution in [2.45, 2.75) is 0 Å². The van der Waals surface area contributed by atoms with E-state index in [1.165, 1.54) is 12.3 Å². The van der Waals surface area contributed by atoms with Gasteiger partial charge in [-0.05, 0) is 6.07 Å². The van der Waals surface area contributed by atoms with Crippen LogP contribution in [0.1, 0.15) is 21.1 Å². The lowest BCUT2D eigenvalue weighted by atomic mass is 10.4. The number of nitrogens with two attached hydrogens (primary N) is 2. The van der Waals surface area contributed by atoms with Crippen molar-refractivity contribution in [1.82, 2.24) is 9.97 Å². The van der Waals surface area contributed by atoms with Gasteiger partial charge in [0.15, 0.2) is 0 Å². The zero-order chi connectivity index (χ0) is 9.14. The van der Waals surface area contributed by atoms with E-state index in [0.29, 0.717) is 0 Å². The SMILES string of the molecule is NC(=O)c1ccnc(C(N)=O)n1. The molecule has 0 aliphatic rings. The van der Waals surface area contributed by atoms with Crippen LogP contribution >= 0.6 is 0 Å². The first-order valence-electron chi connectivity index (χ1n) is 3.04. The Hall–Kier alpha value is -1.98. The normalized spacial score (nSPS) is 9.33. The molecule has 0 bridgehead atoms. The van der Waals surface area contributed by atoms with E-state index in [0.717, 1.165) is 0 Å². The predicted octanol–water partition coefficient (Wildman–Crippen LogP) is -1.33. The Labute approximate surface area is 67.6 Å². The summed E-state index contributed by atoms with van der Waals surface area (Å²) >= 11 is 0. The van der Waals surface area contributed by atoms with Gasteiger partial charge >= 0.3 is 0 Å². The minimum absolute atomic E-state index is 0.0289. The third-order valence-corrected chi connectivity index (χ3v) is 1.13. The molecule has 62 valence electrons. The fourth-order valence-electron chi connectivity index (χ4n) is 0.615. The van der Waals surface area contributed by atoms with Crippen LogP contribution in [-0.4, -0.2) is 21.8 Å². The van der Waals surface area contributed by atoms with Crippen molar-refractivity contribution in [3.8, 4) is 0 Å². The second-order valence-corrected chi connectivity index (χ2v) is 1.99. The van der Waals surface area contributed by atoms with Gasteiger partial charge in [0.1, 0.15) is 5.69 Å². The standard InChI is InChI=1S/C6H6N4O2/c7-4(11)3-1-2-9-6(10-3)5(8)12/h1-2H,(H2,7,11)(H2,8,12). The Balaban J connectivity index is 3.12. The monoisotopic (exact) mass is 166 g/mol. The largest absolute Gasteiger partial charge is 0.364 e. The summed E-state index contributed by atoms with van der Waals surface area (Å²) in [6.07, 6.45) is 1.24. The van der Waals surface area contributed by atoms with Crippen LogP contribution < -0.4 is 11.5 Å². The zero-order valence-electron chi connectivity index (χ0n) is 6.02. The molecule has 0 saturated carbocycles. The maximum Gasteiger partial charge on any atom is 0.286 e. The van der Waals surface area contributed by atoms with Crippen molar-refractivity contribution >= 4 is 11.8 Å². The lowest BCUT2D eigenvalue weighted by Crippen LogP contribution is -2.19. The molecule has 6 heteroatoms. The van der Waals surface area contributed by atoms with E-state index in [9.17, 15) is 9.59 Å². The van der Waals surface area contributed by atoms with E-state index in [1.54, 1.807) is 0 Å². The number of hydrogen-bond acceptors (Lipinski definition) is 4. The van der Waals surface area contributed by atoms with E-state index < -0.39 is 11.8 Å². The molecule has 2 amide bonds. The third-order valence-electron chi connectivity index (χ3n) is 1.13. The van der Waals surface area contributed by atoms with Gasteiger partial charge in [-0.3, -0.25) is 9.59 Å². The van der Waals surface area contributed by atoms with Gasteiger partial charge < -0.3 is 11.5 Å². The van der Waals surface area contributed by atoms with Gasteiger partial charge in [0.2, 0.25) is 5.82 Å². The van der Waals surface area contributed by atoms with Crippen molar-refractivity contribution in [3.05, 3.63) is 23.8 Å². The molecule has 1 aromatic heterocycles. The Bertz CT molecular complexity index is 307. The van der Waals surface area contributed by atoms with Gasteiger partial charge in [-0.25, -0.2) is 9.97 Å². The minimum Gasteiger partial charge on any atom is -0.364 e. The van der Waals surface area contributed by atoms with E-state index in [1.807, 2.05) is 0 Å². The summed E-state index contributed by atoms with van der Waals surface area (Å²) in [5.41, 5.74) is 9.74. The lowest BCUT2D eigenvalue weighted by Gasteiger charge is -1.95. The molecule has 0 unspecified atom stereocenters. The molecule has 0 aliphatic heterocycles. The van der Waals surface area contributed by atoms with Crippen molar-refractivity contribution in [3.63, 3.8) is 0 Å². The van der Waals surface area contributed by atoms with Crippen LogP contribution in [0.5, 0.6) is 0 Å². The first-order valence-corrected chi connectivity index (χ1v) is 3.04. The molecule has 0 radical (unpaired) electrons. The molecule has 0 aromatic carbocycles. The van der Waals surface area contributed by atoms with E-state index >= 15 is 0 Å². The maximum atomic E-state index is 10.6. The fraction of sp³-hybridized carbons (Fsp3) is 0. The van der Waals surface area contributed by atoms with E-state index in [-0.39, 0.29) is 11.5 Å². The zero-order valence-corrected chi connectivity index (χ0v) is 6.02.